The van der Waals surface area contributed by atoms with Crippen molar-refractivity contribution in [2.45, 2.75) is 89.1 Å². The number of fused-ring (bicyclic) bond motifs is 3. The highest BCUT2D eigenvalue weighted by molar-refractivity contribution is 6.31. The molecular weight excluding hydrogens is 760 g/mol. The summed E-state index contributed by atoms with van der Waals surface area (Å²) in [5, 5.41) is 9.40. The van der Waals surface area contributed by atoms with E-state index in [2.05, 4.69) is 47.1 Å². The number of nitrogens with two attached hydrogens (primary N) is 1. The van der Waals surface area contributed by atoms with Gasteiger partial charge in [0.2, 0.25) is 5.91 Å². The highest BCUT2D eigenvalue weighted by atomic mass is 35.5. The van der Waals surface area contributed by atoms with E-state index >= 15 is 0 Å². The van der Waals surface area contributed by atoms with Crippen molar-refractivity contribution >= 4 is 29.6 Å². The molecule has 1 aliphatic carbocycles. The van der Waals surface area contributed by atoms with Gasteiger partial charge in [0.15, 0.2) is 5.60 Å². The van der Waals surface area contributed by atoms with Crippen LogP contribution in [0.4, 0.5) is 4.79 Å². The zero-order valence-corrected chi connectivity index (χ0v) is 34.8. The fourth-order valence-corrected chi connectivity index (χ4v) is 8.16. The molecule has 10 heteroatoms. The van der Waals surface area contributed by atoms with E-state index in [9.17, 15) is 14.4 Å². The summed E-state index contributed by atoms with van der Waals surface area (Å²) in [7, 11) is 0. The molecule has 0 saturated carbocycles. The van der Waals surface area contributed by atoms with Crippen LogP contribution in [-0.4, -0.2) is 49.4 Å². The van der Waals surface area contributed by atoms with Crippen molar-refractivity contribution < 1.29 is 23.9 Å². The van der Waals surface area contributed by atoms with Crippen LogP contribution in [0.25, 0.3) is 11.1 Å². The normalized spacial score (nSPS) is 14.5. The predicted octanol–water partition coefficient (Wildman–Crippen LogP) is 9.13. The zero-order chi connectivity index (χ0) is 41.8. The van der Waals surface area contributed by atoms with Gasteiger partial charge in [-0.05, 0) is 68.0 Å². The van der Waals surface area contributed by atoms with Crippen molar-refractivity contribution in [2.75, 3.05) is 13.2 Å². The molecule has 2 amide bonds. The SMILES string of the molecule is CCCCC[C@@H](NC(=O)[C@@H](CCCNC(C)N)NC(=O)OCC1c2ccccc2-c2ccccc21)C(=O)OC(c1ccccc1)(c1ccc(C)cc1)c1ccccc1Cl. The van der Waals surface area contributed by atoms with Gasteiger partial charge in [0, 0.05) is 27.6 Å². The Kier molecular flexibility index (Phi) is 15.0. The van der Waals surface area contributed by atoms with Crippen LogP contribution in [0.1, 0.15) is 91.7 Å². The van der Waals surface area contributed by atoms with Gasteiger partial charge in [-0.25, -0.2) is 9.59 Å². The average molecular weight is 815 g/mol. The van der Waals surface area contributed by atoms with E-state index in [1.807, 2.05) is 111 Å². The van der Waals surface area contributed by atoms with Gasteiger partial charge in [-0.3, -0.25) is 4.79 Å². The summed E-state index contributed by atoms with van der Waals surface area (Å²) in [5.74, 6) is -1.29. The number of esters is 1. The number of nitrogens with one attached hydrogen (secondary N) is 3. The van der Waals surface area contributed by atoms with Gasteiger partial charge in [-0.2, -0.15) is 0 Å². The Morgan fingerprint density at radius 1 is 0.729 bits per heavy atom. The molecule has 0 aliphatic heterocycles. The van der Waals surface area contributed by atoms with Crippen molar-refractivity contribution in [3.05, 3.63) is 166 Å². The molecule has 2 unspecified atom stereocenters. The fourth-order valence-electron chi connectivity index (χ4n) is 7.89. The third kappa shape index (κ3) is 10.4. The number of aryl methyl sites for hydroxylation is 1. The van der Waals surface area contributed by atoms with E-state index in [0.29, 0.717) is 47.5 Å². The number of carbonyl (C=O) groups is 3. The Labute approximate surface area is 353 Å². The number of halogens is 1. The molecule has 0 spiro atoms. The Morgan fingerprint density at radius 2 is 1.32 bits per heavy atom. The van der Waals surface area contributed by atoms with Crippen LogP contribution in [0.3, 0.4) is 0 Å². The first-order valence-corrected chi connectivity index (χ1v) is 21.0. The Bertz CT molecular complexity index is 2130. The third-order valence-electron chi connectivity index (χ3n) is 10.9. The van der Waals surface area contributed by atoms with Crippen LogP contribution >= 0.6 is 11.6 Å². The monoisotopic (exact) mass is 814 g/mol. The molecule has 308 valence electrons. The minimum Gasteiger partial charge on any atom is -0.449 e. The summed E-state index contributed by atoms with van der Waals surface area (Å²) in [6.07, 6.45) is 2.55. The molecule has 1 aliphatic rings. The minimum atomic E-state index is -1.46. The van der Waals surface area contributed by atoms with Gasteiger partial charge < -0.3 is 31.2 Å². The van der Waals surface area contributed by atoms with Crippen molar-refractivity contribution in [2.24, 2.45) is 5.73 Å². The average Bonchev–Trinajstić information content (AvgIpc) is 3.57. The maximum Gasteiger partial charge on any atom is 0.407 e. The molecule has 0 saturated heterocycles. The van der Waals surface area contributed by atoms with Crippen LogP contribution < -0.4 is 21.7 Å². The quantitative estimate of drug-likeness (QED) is 0.0283. The topological polar surface area (TPSA) is 132 Å². The lowest BCUT2D eigenvalue weighted by molar-refractivity contribution is -0.157. The Hall–Kier alpha value is -5.48. The first kappa shape index (κ1) is 43.1. The first-order chi connectivity index (χ1) is 28.6. The standard InChI is InChI=1S/C49H55ClN4O5/c1-4-5-7-25-45(47(56)59-49(35-17-8-6-9-18-35,36-29-27-33(2)28-30-36)42-23-14-15-24-43(42)50)53-46(55)44(26-16-31-52-34(3)51)54-48(57)58-32-41-39-21-12-10-19-37(39)38-20-11-13-22-40(38)41/h6,8-15,17-24,27-30,34,41,44-45,52H,4-5,7,16,25-26,31-32,51H2,1-3H3,(H,53,55)(H,54,57)/t34?,44-,45-,49?/m1/s1. The number of amides is 2. The minimum absolute atomic E-state index is 0.0923. The number of alkyl carbamates (subject to hydrolysis) is 1. The fraction of sp³-hybridized carbons (Fsp3) is 0.327. The van der Waals surface area contributed by atoms with E-state index < -0.39 is 35.7 Å². The molecule has 5 aromatic carbocycles. The summed E-state index contributed by atoms with van der Waals surface area (Å²) >= 11 is 6.95. The van der Waals surface area contributed by atoms with E-state index in [0.717, 1.165) is 40.7 Å². The number of hydrogen-bond donors (Lipinski definition) is 4. The molecule has 5 N–H and O–H groups in total. The maximum atomic E-state index is 14.8. The van der Waals surface area contributed by atoms with Crippen LogP contribution in [0.2, 0.25) is 5.02 Å². The van der Waals surface area contributed by atoms with Crippen LogP contribution in [0.15, 0.2) is 127 Å². The molecule has 0 heterocycles. The van der Waals surface area contributed by atoms with Gasteiger partial charge in [0.05, 0.1) is 6.17 Å². The van der Waals surface area contributed by atoms with Crippen molar-refractivity contribution in [1.29, 1.82) is 0 Å². The summed E-state index contributed by atoms with van der Waals surface area (Å²) in [4.78, 5) is 42.7. The lowest BCUT2D eigenvalue weighted by Gasteiger charge is -2.37. The molecule has 0 aromatic heterocycles. The second-order valence-corrected chi connectivity index (χ2v) is 15.7. The highest BCUT2D eigenvalue weighted by Crippen LogP contribution is 2.45. The summed E-state index contributed by atoms with van der Waals surface area (Å²) in [6, 6.07) is 38.8. The molecule has 0 radical (unpaired) electrons. The largest absolute Gasteiger partial charge is 0.449 e. The molecule has 59 heavy (non-hydrogen) atoms. The van der Waals surface area contributed by atoms with Gasteiger partial charge in [-0.15, -0.1) is 0 Å². The molecule has 0 bridgehead atoms. The first-order valence-electron chi connectivity index (χ1n) is 20.6. The van der Waals surface area contributed by atoms with Gasteiger partial charge in [0.25, 0.3) is 0 Å². The highest BCUT2D eigenvalue weighted by Gasteiger charge is 2.44. The number of ether oxygens (including phenoxy) is 2. The van der Waals surface area contributed by atoms with E-state index in [1.54, 1.807) is 6.07 Å². The summed E-state index contributed by atoms with van der Waals surface area (Å²) in [6.45, 7) is 6.51. The van der Waals surface area contributed by atoms with Crippen molar-refractivity contribution in [1.82, 2.24) is 16.0 Å². The van der Waals surface area contributed by atoms with Crippen molar-refractivity contribution in [3.63, 3.8) is 0 Å². The number of benzene rings is 5. The van der Waals surface area contributed by atoms with Crippen LogP contribution in [0, 0.1) is 6.92 Å². The lowest BCUT2D eigenvalue weighted by atomic mass is 9.79. The predicted molar refractivity (Wildman–Crippen MR) is 234 cm³/mol. The second kappa shape index (κ2) is 20.5. The number of unbranched alkanes of at least 4 members (excludes halogenated alkanes) is 2. The molecule has 6 rings (SSSR count). The molecule has 9 nitrogen and oxygen atoms in total. The summed E-state index contributed by atoms with van der Waals surface area (Å²) in [5.41, 5.74) is 11.9. The Morgan fingerprint density at radius 3 is 1.97 bits per heavy atom. The number of hydrogen-bond acceptors (Lipinski definition) is 7. The smallest absolute Gasteiger partial charge is 0.407 e. The van der Waals surface area contributed by atoms with E-state index in [-0.39, 0.29) is 25.1 Å². The zero-order valence-electron chi connectivity index (χ0n) is 34.1. The van der Waals surface area contributed by atoms with Crippen molar-refractivity contribution in [3.8, 4) is 11.1 Å². The van der Waals surface area contributed by atoms with Crippen LogP contribution in [-0.2, 0) is 24.7 Å². The second-order valence-electron chi connectivity index (χ2n) is 15.3. The van der Waals surface area contributed by atoms with Gasteiger partial charge in [-0.1, -0.05) is 165 Å². The Balaban J connectivity index is 1.26. The maximum absolute atomic E-state index is 14.8. The van der Waals surface area contributed by atoms with E-state index in [4.69, 9.17) is 26.8 Å². The van der Waals surface area contributed by atoms with Gasteiger partial charge >= 0.3 is 12.1 Å². The molecule has 5 aromatic rings. The van der Waals surface area contributed by atoms with Gasteiger partial charge in [0.1, 0.15) is 18.7 Å². The van der Waals surface area contributed by atoms with Crippen LogP contribution in [0.5, 0.6) is 0 Å². The molecular formula is C49H55ClN4O5. The molecule has 0 fully saturated rings. The number of rotatable bonds is 19. The third-order valence-corrected chi connectivity index (χ3v) is 11.3. The lowest BCUT2D eigenvalue weighted by Crippen LogP contribution is -2.53. The number of carbonyl (C=O) groups excluding carboxylic acids is 3. The van der Waals surface area contributed by atoms with E-state index in [1.165, 1.54) is 0 Å². The summed E-state index contributed by atoms with van der Waals surface area (Å²) < 4.78 is 12.6. The molecule has 4 atom stereocenters.